The van der Waals surface area contributed by atoms with Crippen LogP contribution in [0.15, 0.2) is 24.3 Å². The van der Waals surface area contributed by atoms with Crippen LogP contribution in [-0.4, -0.2) is 26.3 Å². The molecule has 0 aromatic heterocycles. The quantitative estimate of drug-likeness (QED) is 0.442. The number of hydrogen-bond acceptors (Lipinski definition) is 3. The molecule has 0 unspecified atom stereocenters. The number of alkyl halides is 9. The lowest BCUT2D eigenvalue weighted by molar-refractivity contribution is -0.365. The normalized spacial score (nSPS) is 14.8. The van der Waals surface area contributed by atoms with E-state index < -0.39 is 45.0 Å². The summed E-state index contributed by atoms with van der Waals surface area (Å²) in [4.78, 5) is 0. The zero-order valence-corrected chi connectivity index (χ0v) is 11.5. The van der Waals surface area contributed by atoms with Gasteiger partial charge in [0.15, 0.2) is 0 Å². The highest BCUT2D eigenvalue weighted by Gasteiger charge is 2.77. The van der Waals surface area contributed by atoms with Crippen LogP contribution in [0.1, 0.15) is 5.56 Å². The summed E-state index contributed by atoms with van der Waals surface area (Å²) in [6.45, 7) is 0. The molecular formula is C10H4F10O3S. The van der Waals surface area contributed by atoms with Gasteiger partial charge in [-0.2, -0.15) is 47.9 Å². The van der Waals surface area contributed by atoms with E-state index in [-0.39, 0.29) is 24.3 Å². The standard InChI is InChI=1S/C10H4F10O3S/c11-6-3-1-5(2-4-6)7(8(12,13)14,9(15,16)17)23-24(21,22)10(18,19)20/h1-4H. The van der Waals surface area contributed by atoms with Gasteiger partial charge in [0, 0.05) is 5.56 Å². The second-order valence-corrected chi connectivity index (χ2v) is 5.70. The van der Waals surface area contributed by atoms with Gasteiger partial charge in [0.2, 0.25) is 0 Å². The first-order valence-corrected chi connectivity index (χ1v) is 6.78. The third-order valence-corrected chi connectivity index (χ3v) is 3.60. The lowest BCUT2D eigenvalue weighted by Gasteiger charge is -2.36. The van der Waals surface area contributed by atoms with Crippen molar-refractivity contribution in [3.05, 3.63) is 35.6 Å². The van der Waals surface area contributed by atoms with Gasteiger partial charge >= 0.3 is 33.6 Å². The third-order valence-electron chi connectivity index (χ3n) is 2.57. The summed E-state index contributed by atoms with van der Waals surface area (Å²) in [5, 5.41) is 0. The van der Waals surface area contributed by atoms with Crippen LogP contribution in [-0.2, 0) is 19.9 Å². The van der Waals surface area contributed by atoms with Gasteiger partial charge in [-0.1, -0.05) is 12.1 Å². The molecule has 0 aliphatic heterocycles. The Labute approximate surface area is 126 Å². The van der Waals surface area contributed by atoms with Crippen LogP contribution in [0.25, 0.3) is 0 Å². The molecule has 1 aromatic rings. The summed E-state index contributed by atoms with van der Waals surface area (Å²) < 4.78 is 152. The molecule has 0 aliphatic rings. The molecule has 0 saturated carbocycles. The van der Waals surface area contributed by atoms with Crippen molar-refractivity contribution in [3.63, 3.8) is 0 Å². The largest absolute Gasteiger partial charge is 0.523 e. The molecule has 1 aromatic carbocycles. The summed E-state index contributed by atoms with van der Waals surface area (Å²) in [5.41, 5.74) is -14.5. The fourth-order valence-electron chi connectivity index (χ4n) is 1.53. The second kappa shape index (κ2) is 5.75. The first-order chi connectivity index (χ1) is 10.5. The number of rotatable bonds is 3. The van der Waals surface area contributed by atoms with Gasteiger partial charge in [0.25, 0.3) is 0 Å². The summed E-state index contributed by atoms with van der Waals surface area (Å²) in [5.74, 6) is -1.32. The molecule has 3 nitrogen and oxygen atoms in total. The van der Waals surface area contributed by atoms with Crippen molar-refractivity contribution in [2.24, 2.45) is 0 Å². The molecule has 138 valence electrons. The van der Waals surface area contributed by atoms with Crippen molar-refractivity contribution in [1.82, 2.24) is 0 Å². The van der Waals surface area contributed by atoms with Crippen LogP contribution in [0.3, 0.4) is 0 Å². The smallest absolute Gasteiger partial charge is 0.232 e. The van der Waals surface area contributed by atoms with Crippen LogP contribution >= 0.6 is 0 Å². The van der Waals surface area contributed by atoms with E-state index in [1.54, 1.807) is 0 Å². The van der Waals surface area contributed by atoms with E-state index in [1.807, 2.05) is 0 Å². The Morgan fingerprint density at radius 3 is 1.42 bits per heavy atom. The molecule has 0 fully saturated rings. The maximum absolute atomic E-state index is 13.0. The molecule has 1 rings (SSSR count). The SMILES string of the molecule is O=S(=O)(OC(c1ccc(F)cc1)(C(F)(F)F)C(F)(F)F)C(F)(F)F. The predicted molar refractivity (Wildman–Crippen MR) is 56.2 cm³/mol. The Kier molecular flexibility index (Phi) is 4.91. The van der Waals surface area contributed by atoms with Gasteiger partial charge in [-0.15, -0.1) is 0 Å². The summed E-state index contributed by atoms with van der Waals surface area (Å²) in [7, 11) is -7.31. The van der Waals surface area contributed by atoms with Crippen molar-refractivity contribution in [3.8, 4) is 0 Å². The molecule has 14 heteroatoms. The fourth-order valence-corrected chi connectivity index (χ4v) is 2.24. The van der Waals surface area contributed by atoms with E-state index in [1.165, 1.54) is 0 Å². The first-order valence-electron chi connectivity index (χ1n) is 5.37. The van der Waals surface area contributed by atoms with Crippen molar-refractivity contribution < 1.29 is 56.5 Å². The monoisotopic (exact) mass is 394 g/mol. The third kappa shape index (κ3) is 3.43. The average Bonchev–Trinajstić information content (AvgIpc) is 2.32. The van der Waals surface area contributed by atoms with Gasteiger partial charge in [-0.25, -0.2) is 8.57 Å². The number of halogens is 10. The van der Waals surface area contributed by atoms with E-state index in [2.05, 4.69) is 4.18 Å². The Balaban J connectivity index is 3.78. The summed E-state index contributed by atoms with van der Waals surface area (Å²) in [6, 6.07) is -0.263. The van der Waals surface area contributed by atoms with Gasteiger partial charge < -0.3 is 0 Å². The molecule has 24 heavy (non-hydrogen) atoms. The molecule has 0 atom stereocenters. The molecule has 0 bridgehead atoms. The van der Waals surface area contributed by atoms with E-state index in [0.717, 1.165) is 0 Å². The summed E-state index contributed by atoms with van der Waals surface area (Å²) in [6.07, 6.45) is -13.4. The highest BCUT2D eigenvalue weighted by Crippen LogP contribution is 2.54. The highest BCUT2D eigenvalue weighted by molar-refractivity contribution is 7.87. The van der Waals surface area contributed by atoms with Crippen LogP contribution < -0.4 is 0 Å². The molecular weight excluding hydrogens is 390 g/mol. The maximum Gasteiger partial charge on any atom is 0.523 e. The van der Waals surface area contributed by atoms with Crippen molar-refractivity contribution >= 4 is 10.1 Å². The van der Waals surface area contributed by atoms with Gasteiger partial charge in [0.1, 0.15) is 5.82 Å². The minimum Gasteiger partial charge on any atom is -0.232 e. The predicted octanol–water partition coefficient (Wildman–Crippen LogP) is 4.01. The number of hydrogen-bond donors (Lipinski definition) is 0. The maximum atomic E-state index is 13.0. The minimum atomic E-state index is -7.31. The molecule has 0 heterocycles. The zero-order valence-electron chi connectivity index (χ0n) is 10.7. The van der Waals surface area contributed by atoms with Crippen LogP contribution in [0, 0.1) is 5.82 Å². The Morgan fingerprint density at radius 2 is 1.12 bits per heavy atom. The Morgan fingerprint density at radius 1 is 0.750 bits per heavy atom. The average molecular weight is 394 g/mol. The van der Waals surface area contributed by atoms with Crippen molar-refractivity contribution in [1.29, 1.82) is 0 Å². The van der Waals surface area contributed by atoms with Crippen LogP contribution in [0.5, 0.6) is 0 Å². The molecule has 0 aliphatic carbocycles. The van der Waals surface area contributed by atoms with Crippen LogP contribution in [0.2, 0.25) is 0 Å². The second-order valence-electron chi connectivity index (χ2n) is 4.17. The van der Waals surface area contributed by atoms with Gasteiger partial charge in [-0.05, 0) is 12.1 Å². The van der Waals surface area contributed by atoms with Gasteiger partial charge in [0.05, 0.1) is 0 Å². The minimum absolute atomic E-state index is 0.0606. The molecule has 0 saturated heterocycles. The molecule has 0 N–H and O–H groups in total. The van der Waals surface area contributed by atoms with Crippen molar-refractivity contribution in [2.45, 2.75) is 23.5 Å². The fraction of sp³-hybridized carbons (Fsp3) is 0.400. The molecule has 0 radical (unpaired) electrons. The van der Waals surface area contributed by atoms with E-state index >= 15 is 0 Å². The van der Waals surface area contributed by atoms with E-state index in [9.17, 15) is 52.3 Å². The lowest BCUT2D eigenvalue weighted by atomic mass is 9.92. The van der Waals surface area contributed by atoms with Gasteiger partial charge in [-0.3, -0.25) is 0 Å². The highest BCUT2D eigenvalue weighted by atomic mass is 32.2. The van der Waals surface area contributed by atoms with E-state index in [4.69, 9.17) is 0 Å². The molecule has 0 spiro atoms. The zero-order chi connectivity index (χ0) is 19.2. The van der Waals surface area contributed by atoms with Crippen LogP contribution in [0.4, 0.5) is 43.9 Å². The molecule has 0 amide bonds. The summed E-state index contributed by atoms with van der Waals surface area (Å²) >= 11 is 0. The lowest BCUT2D eigenvalue weighted by Crippen LogP contribution is -2.57. The van der Waals surface area contributed by atoms with Crippen molar-refractivity contribution in [2.75, 3.05) is 0 Å². The first kappa shape index (κ1) is 20.5. The Bertz CT molecular complexity index is 670. The Hall–Kier alpha value is -1.57. The topological polar surface area (TPSA) is 43.4 Å². The van der Waals surface area contributed by atoms with E-state index in [0.29, 0.717) is 0 Å². The number of benzene rings is 1.